The summed E-state index contributed by atoms with van der Waals surface area (Å²) in [5.74, 6) is 2.20. The summed E-state index contributed by atoms with van der Waals surface area (Å²) in [4.78, 5) is 5.12. The molecule has 10 aromatic carbocycles. The van der Waals surface area contributed by atoms with E-state index in [1.807, 2.05) is 0 Å². The van der Waals surface area contributed by atoms with E-state index in [0.717, 1.165) is 0 Å². The summed E-state index contributed by atoms with van der Waals surface area (Å²) in [6, 6.07) is 72.2. The van der Waals surface area contributed by atoms with Crippen LogP contribution in [0.25, 0.3) is 54.6 Å². The highest BCUT2D eigenvalue weighted by molar-refractivity contribution is 6.89. The van der Waals surface area contributed by atoms with Gasteiger partial charge in [-0.3, -0.25) is 0 Å². The molecule has 10 aromatic rings. The lowest BCUT2D eigenvalue weighted by Gasteiger charge is -2.32. The van der Waals surface area contributed by atoms with E-state index in [-0.39, 0.29) is 0 Å². The zero-order chi connectivity index (χ0) is 52.6. The van der Waals surface area contributed by atoms with Gasteiger partial charge in [0.05, 0.1) is 27.5 Å². The zero-order valence-electron chi connectivity index (χ0n) is 46.8. The molecule has 2 aliphatic carbocycles. The van der Waals surface area contributed by atoms with Gasteiger partial charge in [-0.05, 0) is 165 Å². The fourth-order valence-corrected chi connectivity index (χ4v) is 14.6. The van der Waals surface area contributed by atoms with Crippen molar-refractivity contribution in [3.05, 3.63) is 204 Å². The minimum atomic E-state index is -1.56. The first-order valence-electron chi connectivity index (χ1n) is 28.6. The van der Waals surface area contributed by atoms with Gasteiger partial charge in [0.1, 0.15) is 0 Å². The zero-order valence-corrected chi connectivity index (χ0v) is 48.8. The highest BCUT2D eigenvalue weighted by atomic mass is 28.3. The Morgan fingerprint density at radius 1 is 0.355 bits per heavy atom. The minimum Gasteiger partial charge on any atom is -0.310 e. The largest absolute Gasteiger partial charge is 0.310 e. The summed E-state index contributed by atoms with van der Waals surface area (Å²) in [6.07, 6.45) is 7.79. The molecule has 0 N–H and O–H groups in total. The van der Waals surface area contributed by atoms with Gasteiger partial charge in [0.25, 0.3) is 0 Å². The SMILES string of the molecule is CC(C)c1ccc(N(c2ccc(C3CCC3)cc2)c2cc(-c3ccc([Si](C)(C)C)cc3)c3ccc4c(N(c5ccc(C(C)C)cc5)c5ccc(C6CCC6)cc5)cc(-c5ccc([Si](C)(C)C)cc5)c5ccc2c3c54)cc1. The molecule has 0 heterocycles. The molecular weight excluding hydrogens is 949 g/mol. The van der Waals surface area contributed by atoms with E-state index in [1.165, 1.54) is 160 Å². The van der Waals surface area contributed by atoms with Gasteiger partial charge >= 0.3 is 0 Å². The van der Waals surface area contributed by atoms with Crippen LogP contribution < -0.4 is 20.2 Å². The van der Waals surface area contributed by atoms with Crippen molar-refractivity contribution in [3.8, 4) is 22.3 Å². The molecule has 2 fully saturated rings. The molecule has 2 aliphatic rings. The number of hydrogen-bond acceptors (Lipinski definition) is 2. The maximum absolute atomic E-state index is 2.56. The average molecular weight is 1030 g/mol. The molecule has 12 rings (SSSR count). The second-order valence-corrected chi connectivity index (χ2v) is 35.4. The van der Waals surface area contributed by atoms with Crippen molar-refractivity contribution >= 4 is 93.0 Å². The van der Waals surface area contributed by atoms with Gasteiger partial charge in [-0.25, -0.2) is 0 Å². The van der Waals surface area contributed by atoms with Gasteiger partial charge in [0.2, 0.25) is 0 Å². The van der Waals surface area contributed by atoms with Crippen molar-refractivity contribution in [2.75, 3.05) is 9.80 Å². The Balaban J connectivity index is 1.19. The maximum atomic E-state index is 2.56. The lowest BCUT2D eigenvalue weighted by molar-refractivity contribution is 0.420. The van der Waals surface area contributed by atoms with Crippen LogP contribution in [0.3, 0.4) is 0 Å². The summed E-state index contributed by atoms with van der Waals surface area (Å²) in [6.45, 7) is 23.9. The molecule has 0 saturated heterocycles. The molecule has 2 saturated carbocycles. The maximum Gasteiger partial charge on any atom is 0.0775 e. The predicted molar refractivity (Wildman–Crippen MR) is 338 cm³/mol. The third kappa shape index (κ3) is 9.19. The summed E-state index contributed by atoms with van der Waals surface area (Å²) in [5.41, 5.74) is 17.7. The molecule has 0 radical (unpaired) electrons. The summed E-state index contributed by atoms with van der Waals surface area (Å²) in [7, 11) is -3.12. The third-order valence-corrected chi connectivity index (χ3v) is 21.7. The van der Waals surface area contributed by atoms with Crippen molar-refractivity contribution in [2.45, 2.75) is 129 Å². The number of hydrogen-bond donors (Lipinski definition) is 0. The van der Waals surface area contributed by atoms with Crippen LogP contribution in [0.2, 0.25) is 39.3 Å². The van der Waals surface area contributed by atoms with Gasteiger partial charge in [0, 0.05) is 44.3 Å². The molecule has 0 amide bonds. The monoisotopic (exact) mass is 1020 g/mol. The topological polar surface area (TPSA) is 6.48 Å². The lowest BCUT2D eigenvalue weighted by atomic mass is 9.80. The Kier molecular flexibility index (Phi) is 13.0. The second-order valence-electron chi connectivity index (χ2n) is 25.2. The molecule has 0 aromatic heterocycles. The van der Waals surface area contributed by atoms with Gasteiger partial charge in [-0.2, -0.15) is 0 Å². The molecular formula is C72H76N2Si2. The van der Waals surface area contributed by atoms with Crippen LogP contribution in [0.4, 0.5) is 34.1 Å². The number of benzene rings is 10. The first-order chi connectivity index (χ1) is 36.6. The molecule has 0 unspecified atom stereocenters. The quantitative estimate of drug-likeness (QED) is 0.0791. The Hall–Kier alpha value is -6.73. The molecule has 4 heteroatoms. The summed E-state index contributed by atoms with van der Waals surface area (Å²) in [5, 5.41) is 10.6. The third-order valence-electron chi connectivity index (χ3n) is 17.6. The van der Waals surface area contributed by atoms with Crippen molar-refractivity contribution < 1.29 is 0 Å². The van der Waals surface area contributed by atoms with E-state index in [0.29, 0.717) is 23.7 Å². The number of rotatable bonds is 14. The van der Waals surface area contributed by atoms with Crippen LogP contribution >= 0.6 is 0 Å². The first kappa shape index (κ1) is 50.1. The van der Waals surface area contributed by atoms with E-state index in [2.05, 4.69) is 259 Å². The van der Waals surface area contributed by atoms with Gasteiger partial charge < -0.3 is 9.80 Å². The van der Waals surface area contributed by atoms with Crippen LogP contribution in [-0.2, 0) is 0 Å². The molecule has 0 atom stereocenters. The molecule has 0 aliphatic heterocycles. The Labute approximate surface area is 455 Å². The second kappa shape index (κ2) is 19.7. The number of nitrogens with zero attached hydrogens (tertiary/aromatic N) is 2. The Morgan fingerprint density at radius 3 is 0.934 bits per heavy atom. The standard InChI is InChI=1S/C72H76N2Si2/c1-47(2)49-17-29-57(30-18-49)73(59-33-21-53(22-34-59)51-13-11-14-51)69-45-67(55-25-37-61(38-26-55)75(5,6)7)63-42-44-66-70(46-68(64-41-43-65(69)71(63)72(64)66)56-27-39-62(40-28-56)76(8,9)10)74(58-31-19-50(20-32-58)48(3)4)60-35-23-54(24-36-60)52-15-12-16-52/h17-48,51-52H,11-16H2,1-10H3. The van der Waals surface area contributed by atoms with Crippen LogP contribution in [0.5, 0.6) is 0 Å². The predicted octanol–water partition coefficient (Wildman–Crippen LogP) is 20.7. The van der Waals surface area contributed by atoms with E-state index in [4.69, 9.17) is 0 Å². The average Bonchev–Trinajstić information content (AvgIpc) is 3.46. The molecule has 0 spiro atoms. The van der Waals surface area contributed by atoms with Crippen molar-refractivity contribution in [2.24, 2.45) is 0 Å². The molecule has 0 bridgehead atoms. The summed E-state index contributed by atoms with van der Waals surface area (Å²) >= 11 is 0. The fourth-order valence-electron chi connectivity index (χ4n) is 12.2. The molecule has 76 heavy (non-hydrogen) atoms. The van der Waals surface area contributed by atoms with E-state index >= 15 is 0 Å². The van der Waals surface area contributed by atoms with Crippen LogP contribution in [-0.4, -0.2) is 16.1 Å². The normalized spacial score (nSPS) is 14.5. The smallest absolute Gasteiger partial charge is 0.0775 e. The van der Waals surface area contributed by atoms with E-state index in [1.54, 1.807) is 0 Å². The highest BCUT2D eigenvalue weighted by Crippen LogP contribution is 2.53. The fraction of sp³-hybridized carbons (Fsp3) is 0.278. The molecule has 2 nitrogen and oxygen atoms in total. The molecule has 382 valence electrons. The van der Waals surface area contributed by atoms with Gasteiger partial charge in [0.15, 0.2) is 0 Å². The van der Waals surface area contributed by atoms with E-state index < -0.39 is 16.1 Å². The van der Waals surface area contributed by atoms with Crippen molar-refractivity contribution in [3.63, 3.8) is 0 Å². The van der Waals surface area contributed by atoms with Gasteiger partial charge in [-0.1, -0.05) is 212 Å². The Bertz CT molecular complexity index is 3430. The van der Waals surface area contributed by atoms with Crippen LogP contribution in [0, 0.1) is 0 Å². The van der Waals surface area contributed by atoms with Crippen molar-refractivity contribution in [1.82, 2.24) is 0 Å². The van der Waals surface area contributed by atoms with E-state index in [9.17, 15) is 0 Å². The Morgan fingerprint density at radius 2 is 0.658 bits per heavy atom. The summed E-state index contributed by atoms with van der Waals surface area (Å²) < 4.78 is 0. The van der Waals surface area contributed by atoms with Crippen LogP contribution in [0.15, 0.2) is 182 Å². The van der Waals surface area contributed by atoms with Gasteiger partial charge in [-0.15, -0.1) is 0 Å². The number of anilines is 6. The first-order valence-corrected chi connectivity index (χ1v) is 35.6. The van der Waals surface area contributed by atoms with Crippen molar-refractivity contribution in [1.29, 1.82) is 0 Å². The van der Waals surface area contributed by atoms with Crippen LogP contribution in [0.1, 0.15) is 112 Å². The minimum absolute atomic E-state index is 0.438. The highest BCUT2D eigenvalue weighted by Gasteiger charge is 2.28. The lowest BCUT2D eigenvalue weighted by Crippen LogP contribution is -2.37.